The Morgan fingerprint density at radius 1 is 1.59 bits per heavy atom. The zero-order valence-corrected chi connectivity index (χ0v) is 10.8. The average Bonchev–Trinajstić information content (AvgIpc) is 2.33. The van der Waals surface area contributed by atoms with Crippen LogP contribution >= 0.6 is 12.6 Å². The number of carbonyl (C=O) groups excluding carboxylic acids is 1. The van der Waals surface area contributed by atoms with Gasteiger partial charge in [0.05, 0.1) is 6.61 Å². The lowest BCUT2D eigenvalue weighted by molar-refractivity contribution is 0.0718. The third kappa shape index (κ3) is 4.24. The molecule has 0 atom stereocenters. The Morgan fingerprint density at radius 2 is 2.35 bits per heavy atom. The van der Waals surface area contributed by atoms with Gasteiger partial charge in [-0.25, -0.2) is 0 Å². The SMILES string of the molecule is C=CCN(CCOC)C(=O)c1cccc(S)c1. The fraction of sp³-hybridized carbons (Fsp3) is 0.308. The van der Waals surface area contributed by atoms with Crippen molar-refractivity contribution in [1.82, 2.24) is 4.90 Å². The summed E-state index contributed by atoms with van der Waals surface area (Å²) in [6, 6.07) is 7.20. The van der Waals surface area contributed by atoms with E-state index >= 15 is 0 Å². The molecule has 0 aliphatic heterocycles. The van der Waals surface area contributed by atoms with Gasteiger partial charge < -0.3 is 9.64 Å². The van der Waals surface area contributed by atoms with E-state index < -0.39 is 0 Å². The van der Waals surface area contributed by atoms with Crippen LogP contribution in [-0.4, -0.2) is 37.6 Å². The van der Waals surface area contributed by atoms with Crippen molar-refractivity contribution in [1.29, 1.82) is 0 Å². The molecule has 92 valence electrons. The molecule has 1 amide bonds. The number of nitrogens with zero attached hydrogens (tertiary/aromatic N) is 1. The minimum absolute atomic E-state index is 0.0298. The van der Waals surface area contributed by atoms with Gasteiger partial charge in [0.25, 0.3) is 5.91 Å². The smallest absolute Gasteiger partial charge is 0.254 e. The molecule has 0 fully saturated rings. The summed E-state index contributed by atoms with van der Waals surface area (Å²) in [6.45, 7) is 5.23. The van der Waals surface area contributed by atoms with Crippen LogP contribution in [0.2, 0.25) is 0 Å². The van der Waals surface area contributed by atoms with Crippen LogP contribution in [0.25, 0.3) is 0 Å². The molecule has 0 aliphatic rings. The fourth-order valence-electron chi connectivity index (χ4n) is 1.45. The second-order valence-electron chi connectivity index (χ2n) is 3.58. The number of carbonyl (C=O) groups is 1. The third-order valence-corrected chi connectivity index (χ3v) is 2.57. The summed E-state index contributed by atoms with van der Waals surface area (Å²) in [5.74, 6) is -0.0298. The van der Waals surface area contributed by atoms with Crippen LogP contribution < -0.4 is 0 Å². The summed E-state index contributed by atoms with van der Waals surface area (Å²) < 4.78 is 4.99. The summed E-state index contributed by atoms with van der Waals surface area (Å²) in [7, 11) is 1.62. The highest BCUT2D eigenvalue weighted by atomic mass is 32.1. The average molecular weight is 251 g/mol. The summed E-state index contributed by atoms with van der Waals surface area (Å²) in [5, 5.41) is 0. The van der Waals surface area contributed by atoms with Crippen LogP contribution in [0, 0.1) is 0 Å². The van der Waals surface area contributed by atoms with Crippen LogP contribution in [0.15, 0.2) is 41.8 Å². The predicted octanol–water partition coefficient (Wildman–Crippen LogP) is 2.25. The van der Waals surface area contributed by atoms with Crippen LogP contribution in [0.3, 0.4) is 0 Å². The summed E-state index contributed by atoms with van der Waals surface area (Å²) >= 11 is 4.22. The van der Waals surface area contributed by atoms with Crippen molar-refractivity contribution in [2.45, 2.75) is 4.90 Å². The fourth-order valence-corrected chi connectivity index (χ4v) is 1.68. The Balaban J connectivity index is 2.79. The molecule has 1 rings (SSSR count). The first kappa shape index (κ1) is 13.8. The number of thiol groups is 1. The number of ether oxygens (including phenoxy) is 1. The van der Waals surface area contributed by atoms with E-state index in [0.29, 0.717) is 25.3 Å². The summed E-state index contributed by atoms with van der Waals surface area (Å²) in [6.07, 6.45) is 1.71. The second-order valence-corrected chi connectivity index (χ2v) is 4.10. The molecule has 0 saturated heterocycles. The first-order valence-electron chi connectivity index (χ1n) is 5.37. The van der Waals surface area contributed by atoms with Gasteiger partial charge in [-0.2, -0.15) is 0 Å². The Morgan fingerprint density at radius 3 is 2.94 bits per heavy atom. The van der Waals surface area contributed by atoms with E-state index in [0.717, 1.165) is 4.90 Å². The topological polar surface area (TPSA) is 29.5 Å². The molecule has 1 aromatic rings. The van der Waals surface area contributed by atoms with Gasteiger partial charge in [-0.05, 0) is 18.2 Å². The molecular weight excluding hydrogens is 234 g/mol. The number of rotatable bonds is 6. The van der Waals surface area contributed by atoms with Gasteiger partial charge in [-0.3, -0.25) is 4.79 Å². The lowest BCUT2D eigenvalue weighted by Crippen LogP contribution is -2.34. The molecule has 17 heavy (non-hydrogen) atoms. The van der Waals surface area contributed by atoms with Gasteiger partial charge in [-0.1, -0.05) is 12.1 Å². The zero-order chi connectivity index (χ0) is 12.7. The number of hydrogen-bond acceptors (Lipinski definition) is 3. The van der Waals surface area contributed by atoms with Crippen molar-refractivity contribution in [2.75, 3.05) is 26.8 Å². The van der Waals surface area contributed by atoms with Crippen molar-refractivity contribution in [3.63, 3.8) is 0 Å². The van der Waals surface area contributed by atoms with Crippen molar-refractivity contribution in [3.8, 4) is 0 Å². The largest absolute Gasteiger partial charge is 0.383 e. The Labute approximate surface area is 107 Å². The lowest BCUT2D eigenvalue weighted by Gasteiger charge is -2.20. The van der Waals surface area contributed by atoms with E-state index in [2.05, 4.69) is 19.2 Å². The maximum Gasteiger partial charge on any atom is 0.254 e. The maximum absolute atomic E-state index is 12.2. The van der Waals surface area contributed by atoms with Gasteiger partial charge in [0, 0.05) is 30.7 Å². The van der Waals surface area contributed by atoms with E-state index in [1.165, 1.54) is 0 Å². The third-order valence-electron chi connectivity index (χ3n) is 2.30. The molecule has 0 heterocycles. The molecule has 0 aromatic heterocycles. The predicted molar refractivity (Wildman–Crippen MR) is 71.7 cm³/mol. The quantitative estimate of drug-likeness (QED) is 0.621. The van der Waals surface area contributed by atoms with Gasteiger partial charge in [0.2, 0.25) is 0 Å². The van der Waals surface area contributed by atoms with Crippen molar-refractivity contribution >= 4 is 18.5 Å². The van der Waals surface area contributed by atoms with E-state index in [1.807, 2.05) is 12.1 Å². The van der Waals surface area contributed by atoms with Crippen LogP contribution in [0.4, 0.5) is 0 Å². The molecule has 1 aromatic carbocycles. The van der Waals surface area contributed by atoms with E-state index in [9.17, 15) is 4.79 Å². The Bertz CT molecular complexity index is 393. The van der Waals surface area contributed by atoms with E-state index in [1.54, 1.807) is 30.2 Å². The molecule has 4 heteroatoms. The van der Waals surface area contributed by atoms with Crippen molar-refractivity contribution < 1.29 is 9.53 Å². The second kappa shape index (κ2) is 7.14. The highest BCUT2D eigenvalue weighted by Gasteiger charge is 2.14. The first-order chi connectivity index (χ1) is 8.19. The van der Waals surface area contributed by atoms with Gasteiger partial charge in [-0.15, -0.1) is 19.2 Å². The summed E-state index contributed by atoms with van der Waals surface area (Å²) in [5.41, 5.74) is 0.635. The molecule has 0 bridgehead atoms. The number of methoxy groups -OCH3 is 1. The first-order valence-corrected chi connectivity index (χ1v) is 5.82. The molecular formula is C13H17NO2S. The normalized spacial score (nSPS) is 10.0. The highest BCUT2D eigenvalue weighted by molar-refractivity contribution is 7.80. The van der Waals surface area contributed by atoms with Crippen LogP contribution in [0.1, 0.15) is 10.4 Å². The molecule has 0 unspecified atom stereocenters. The molecule has 0 radical (unpaired) electrons. The zero-order valence-electron chi connectivity index (χ0n) is 9.93. The van der Waals surface area contributed by atoms with Gasteiger partial charge in [0.15, 0.2) is 0 Å². The highest BCUT2D eigenvalue weighted by Crippen LogP contribution is 2.11. The molecule has 0 N–H and O–H groups in total. The lowest BCUT2D eigenvalue weighted by atomic mass is 10.2. The minimum Gasteiger partial charge on any atom is -0.383 e. The molecule has 0 aliphatic carbocycles. The Hall–Kier alpha value is -1.26. The van der Waals surface area contributed by atoms with Crippen molar-refractivity contribution in [2.24, 2.45) is 0 Å². The van der Waals surface area contributed by atoms with Gasteiger partial charge >= 0.3 is 0 Å². The monoisotopic (exact) mass is 251 g/mol. The van der Waals surface area contributed by atoms with Gasteiger partial charge in [0.1, 0.15) is 0 Å². The standard InChI is InChI=1S/C13H17NO2S/c1-3-7-14(8-9-16-2)13(15)11-5-4-6-12(17)10-11/h3-6,10,17H,1,7-9H2,2H3. The maximum atomic E-state index is 12.2. The number of amides is 1. The molecule has 0 spiro atoms. The van der Waals surface area contributed by atoms with Crippen LogP contribution in [-0.2, 0) is 4.74 Å². The minimum atomic E-state index is -0.0298. The van der Waals surface area contributed by atoms with Crippen LogP contribution in [0.5, 0.6) is 0 Å². The van der Waals surface area contributed by atoms with Crippen molar-refractivity contribution in [3.05, 3.63) is 42.5 Å². The van der Waals surface area contributed by atoms with E-state index in [-0.39, 0.29) is 5.91 Å². The molecule has 0 saturated carbocycles. The number of benzene rings is 1. The number of hydrogen-bond donors (Lipinski definition) is 1. The Kier molecular flexibility index (Phi) is 5.80. The van der Waals surface area contributed by atoms with E-state index in [4.69, 9.17) is 4.74 Å². The summed E-state index contributed by atoms with van der Waals surface area (Å²) in [4.78, 5) is 14.7. The molecule has 3 nitrogen and oxygen atoms in total.